The van der Waals surface area contributed by atoms with Gasteiger partial charge in [0, 0.05) is 25.0 Å². The first-order valence-electron chi connectivity index (χ1n) is 7.49. The predicted molar refractivity (Wildman–Crippen MR) is 88.8 cm³/mol. The number of aromatic nitrogens is 2. The van der Waals surface area contributed by atoms with Crippen LogP contribution in [0.3, 0.4) is 0 Å². The van der Waals surface area contributed by atoms with Crippen LogP contribution in [0.2, 0.25) is 0 Å². The van der Waals surface area contributed by atoms with Gasteiger partial charge in [-0.25, -0.2) is 9.97 Å². The Balaban J connectivity index is 2.29. The van der Waals surface area contributed by atoms with Crippen molar-refractivity contribution >= 4 is 16.7 Å². The molecular formula is C16H24N4O2. The minimum Gasteiger partial charge on any atom is -0.493 e. The van der Waals surface area contributed by atoms with Gasteiger partial charge in [0.25, 0.3) is 0 Å². The van der Waals surface area contributed by atoms with E-state index in [-0.39, 0.29) is 0 Å². The van der Waals surface area contributed by atoms with Crippen molar-refractivity contribution in [2.24, 2.45) is 5.73 Å². The number of hydrogen-bond acceptors (Lipinski definition) is 6. The topological polar surface area (TPSA) is 73.5 Å². The van der Waals surface area contributed by atoms with Crippen molar-refractivity contribution in [1.29, 1.82) is 0 Å². The Hall–Kier alpha value is -2.08. The van der Waals surface area contributed by atoms with E-state index >= 15 is 0 Å². The molecule has 0 atom stereocenters. The van der Waals surface area contributed by atoms with Crippen LogP contribution in [0.15, 0.2) is 18.5 Å². The van der Waals surface area contributed by atoms with Crippen LogP contribution < -0.4 is 20.1 Å². The Bertz CT molecular complexity index is 618. The molecule has 2 N–H and O–H groups in total. The fraction of sp³-hybridized carbons (Fsp3) is 0.500. The Morgan fingerprint density at radius 2 is 1.77 bits per heavy atom. The summed E-state index contributed by atoms with van der Waals surface area (Å²) in [6, 6.07) is 3.81. The highest BCUT2D eigenvalue weighted by molar-refractivity contribution is 5.91. The van der Waals surface area contributed by atoms with Crippen molar-refractivity contribution in [3.8, 4) is 11.5 Å². The molecule has 0 saturated carbocycles. The lowest BCUT2D eigenvalue weighted by molar-refractivity contribution is 0.356. The molecule has 6 heteroatoms. The summed E-state index contributed by atoms with van der Waals surface area (Å²) in [4.78, 5) is 10.9. The average molecular weight is 304 g/mol. The maximum atomic E-state index is 5.53. The summed E-state index contributed by atoms with van der Waals surface area (Å²) in [6.07, 6.45) is 4.86. The number of ether oxygens (including phenoxy) is 2. The molecule has 1 aromatic heterocycles. The maximum absolute atomic E-state index is 5.53. The fourth-order valence-electron chi connectivity index (χ4n) is 2.45. The summed E-state index contributed by atoms with van der Waals surface area (Å²) in [5.41, 5.74) is 6.37. The molecule has 0 aliphatic heterocycles. The predicted octanol–water partition coefficient (Wildman–Crippen LogP) is 2.21. The molecule has 120 valence electrons. The van der Waals surface area contributed by atoms with Gasteiger partial charge in [-0.2, -0.15) is 0 Å². The summed E-state index contributed by atoms with van der Waals surface area (Å²) in [5.74, 6) is 2.26. The van der Waals surface area contributed by atoms with Gasteiger partial charge in [0.05, 0.1) is 19.7 Å². The van der Waals surface area contributed by atoms with E-state index in [4.69, 9.17) is 15.2 Å². The molecule has 0 amide bonds. The summed E-state index contributed by atoms with van der Waals surface area (Å²) in [6.45, 7) is 1.68. The molecule has 0 unspecified atom stereocenters. The van der Waals surface area contributed by atoms with Crippen LogP contribution in [0.1, 0.15) is 19.3 Å². The zero-order chi connectivity index (χ0) is 15.9. The van der Waals surface area contributed by atoms with E-state index in [1.165, 1.54) is 0 Å². The monoisotopic (exact) mass is 304 g/mol. The van der Waals surface area contributed by atoms with Gasteiger partial charge >= 0.3 is 0 Å². The van der Waals surface area contributed by atoms with E-state index < -0.39 is 0 Å². The third-order valence-corrected chi connectivity index (χ3v) is 3.68. The first kappa shape index (κ1) is 16.3. The first-order chi connectivity index (χ1) is 10.7. The number of fused-ring (bicyclic) bond motifs is 1. The maximum Gasteiger partial charge on any atom is 0.162 e. The molecule has 2 aromatic rings. The van der Waals surface area contributed by atoms with Crippen LogP contribution in [0, 0.1) is 0 Å². The standard InChI is InChI=1S/C16H24N4O2/c1-20(8-6-4-5-7-17)16-12-9-14(21-2)15(22-3)10-13(12)18-11-19-16/h9-11H,4-8,17H2,1-3H3. The summed E-state index contributed by atoms with van der Waals surface area (Å²) < 4.78 is 10.7. The van der Waals surface area contributed by atoms with Crippen LogP contribution in [-0.2, 0) is 0 Å². The second-order valence-corrected chi connectivity index (χ2v) is 5.19. The second-order valence-electron chi connectivity index (χ2n) is 5.19. The number of methoxy groups -OCH3 is 2. The molecule has 2 rings (SSSR count). The zero-order valence-electron chi connectivity index (χ0n) is 13.5. The lowest BCUT2D eigenvalue weighted by atomic mass is 10.2. The Labute approximate surface area is 131 Å². The number of nitrogens with two attached hydrogens (primary N) is 1. The molecule has 22 heavy (non-hydrogen) atoms. The quantitative estimate of drug-likeness (QED) is 0.754. The van der Waals surface area contributed by atoms with E-state index in [1.807, 2.05) is 19.2 Å². The highest BCUT2D eigenvalue weighted by atomic mass is 16.5. The van der Waals surface area contributed by atoms with Gasteiger partial charge in [0.2, 0.25) is 0 Å². The van der Waals surface area contributed by atoms with Gasteiger partial charge in [0.15, 0.2) is 11.5 Å². The SMILES string of the molecule is COc1cc2ncnc(N(C)CCCCCN)c2cc1OC. The number of rotatable bonds is 8. The lowest BCUT2D eigenvalue weighted by Gasteiger charge is -2.20. The zero-order valence-corrected chi connectivity index (χ0v) is 13.5. The molecular weight excluding hydrogens is 280 g/mol. The van der Waals surface area contributed by atoms with E-state index in [9.17, 15) is 0 Å². The van der Waals surface area contributed by atoms with Crippen molar-refractivity contribution in [2.45, 2.75) is 19.3 Å². The molecule has 0 spiro atoms. The largest absolute Gasteiger partial charge is 0.493 e. The normalized spacial score (nSPS) is 10.7. The van der Waals surface area contributed by atoms with Gasteiger partial charge < -0.3 is 20.1 Å². The third-order valence-electron chi connectivity index (χ3n) is 3.68. The number of benzene rings is 1. The number of unbranched alkanes of at least 4 members (excludes halogenated alkanes) is 2. The van der Waals surface area contributed by atoms with E-state index in [0.29, 0.717) is 11.5 Å². The molecule has 1 aromatic carbocycles. The van der Waals surface area contributed by atoms with Gasteiger partial charge in [-0.05, 0) is 25.5 Å². The molecule has 0 saturated heterocycles. The highest BCUT2D eigenvalue weighted by Crippen LogP contribution is 2.34. The molecule has 0 bridgehead atoms. The minimum atomic E-state index is 0.672. The fourth-order valence-corrected chi connectivity index (χ4v) is 2.45. The van der Waals surface area contributed by atoms with Crippen molar-refractivity contribution in [3.63, 3.8) is 0 Å². The minimum absolute atomic E-state index is 0.672. The Morgan fingerprint density at radius 1 is 1.05 bits per heavy atom. The van der Waals surface area contributed by atoms with Crippen LogP contribution in [-0.4, -0.2) is 44.3 Å². The molecule has 0 radical (unpaired) electrons. The number of anilines is 1. The van der Waals surface area contributed by atoms with Gasteiger partial charge in [0.1, 0.15) is 12.1 Å². The summed E-state index contributed by atoms with van der Waals surface area (Å²) in [7, 11) is 5.29. The molecule has 0 fully saturated rings. The van der Waals surface area contributed by atoms with Gasteiger partial charge in [-0.3, -0.25) is 0 Å². The molecule has 0 aliphatic rings. The van der Waals surface area contributed by atoms with Crippen LogP contribution >= 0.6 is 0 Å². The lowest BCUT2D eigenvalue weighted by Crippen LogP contribution is -2.20. The van der Waals surface area contributed by atoms with E-state index in [1.54, 1.807) is 20.5 Å². The van der Waals surface area contributed by atoms with Crippen LogP contribution in [0.5, 0.6) is 11.5 Å². The second kappa shape index (κ2) is 7.79. The Kier molecular flexibility index (Phi) is 5.77. The molecule has 6 nitrogen and oxygen atoms in total. The van der Waals surface area contributed by atoms with Crippen LogP contribution in [0.4, 0.5) is 5.82 Å². The molecule has 1 heterocycles. The van der Waals surface area contributed by atoms with Crippen molar-refractivity contribution in [1.82, 2.24) is 9.97 Å². The van der Waals surface area contributed by atoms with Gasteiger partial charge in [-0.1, -0.05) is 6.42 Å². The van der Waals surface area contributed by atoms with E-state index in [2.05, 4.69) is 14.9 Å². The smallest absolute Gasteiger partial charge is 0.162 e. The average Bonchev–Trinajstić information content (AvgIpc) is 2.56. The summed E-state index contributed by atoms with van der Waals surface area (Å²) >= 11 is 0. The third kappa shape index (κ3) is 3.57. The summed E-state index contributed by atoms with van der Waals surface area (Å²) in [5, 5.41) is 0.960. The number of hydrogen-bond donors (Lipinski definition) is 1. The van der Waals surface area contributed by atoms with Crippen LogP contribution in [0.25, 0.3) is 10.9 Å². The van der Waals surface area contributed by atoms with Crippen molar-refractivity contribution in [3.05, 3.63) is 18.5 Å². The van der Waals surface area contributed by atoms with Crippen molar-refractivity contribution in [2.75, 3.05) is 39.3 Å². The first-order valence-corrected chi connectivity index (χ1v) is 7.49. The molecule has 0 aliphatic carbocycles. The highest BCUT2D eigenvalue weighted by Gasteiger charge is 2.13. The van der Waals surface area contributed by atoms with Gasteiger partial charge in [-0.15, -0.1) is 0 Å². The van der Waals surface area contributed by atoms with Crippen molar-refractivity contribution < 1.29 is 9.47 Å². The number of nitrogens with zero attached hydrogens (tertiary/aromatic N) is 3. The van der Waals surface area contributed by atoms with E-state index in [0.717, 1.165) is 49.1 Å². The Morgan fingerprint density at radius 3 is 2.45 bits per heavy atom.